The largest absolute Gasteiger partial charge is 0.324 e. The van der Waals surface area contributed by atoms with Gasteiger partial charge in [0.05, 0.1) is 29.8 Å². The first-order chi connectivity index (χ1) is 16.5. The molecule has 0 bridgehead atoms. The van der Waals surface area contributed by atoms with E-state index in [1.165, 1.54) is 4.90 Å². The van der Waals surface area contributed by atoms with Gasteiger partial charge >= 0.3 is 0 Å². The van der Waals surface area contributed by atoms with Gasteiger partial charge in [-0.25, -0.2) is 4.90 Å². The van der Waals surface area contributed by atoms with Gasteiger partial charge in [-0.05, 0) is 47.5 Å². The minimum absolute atomic E-state index is 0.315. The van der Waals surface area contributed by atoms with E-state index in [1.807, 2.05) is 30.3 Å². The third kappa shape index (κ3) is 3.04. The second kappa shape index (κ2) is 7.81. The Kier molecular flexibility index (Phi) is 4.74. The Bertz CT molecular complexity index is 1340. The number of halogens is 1. The van der Waals surface area contributed by atoms with Gasteiger partial charge in [0.15, 0.2) is 0 Å². The minimum atomic E-state index is -0.944. The zero-order valence-electron chi connectivity index (χ0n) is 17.8. The maximum Gasteiger partial charge on any atom is 0.249 e. The molecule has 168 valence electrons. The summed E-state index contributed by atoms with van der Waals surface area (Å²) >= 11 is 5.97. The molecular formula is C26H19ClN4O3. The second-order valence-electron chi connectivity index (χ2n) is 8.54. The number of hydrogen-bond donors (Lipinski definition) is 1. The maximum atomic E-state index is 13.7. The van der Waals surface area contributed by atoms with E-state index in [1.54, 1.807) is 59.8 Å². The molecule has 0 aliphatic carbocycles. The highest BCUT2D eigenvalue weighted by Crippen LogP contribution is 2.52. The number of fused-ring (bicyclic) bond motifs is 5. The van der Waals surface area contributed by atoms with Crippen LogP contribution in [-0.2, 0) is 14.4 Å². The average molecular weight is 471 g/mol. The molecule has 2 saturated heterocycles. The van der Waals surface area contributed by atoms with Gasteiger partial charge in [-0.15, -0.1) is 0 Å². The first kappa shape index (κ1) is 20.6. The van der Waals surface area contributed by atoms with Crippen molar-refractivity contribution in [2.75, 3.05) is 10.2 Å². The van der Waals surface area contributed by atoms with E-state index in [0.29, 0.717) is 16.4 Å². The number of nitrogens with zero attached hydrogens (tertiary/aromatic N) is 3. The average Bonchev–Trinajstić information content (AvgIpc) is 3.33. The van der Waals surface area contributed by atoms with Crippen LogP contribution < -0.4 is 10.2 Å². The Morgan fingerprint density at radius 1 is 0.853 bits per heavy atom. The predicted molar refractivity (Wildman–Crippen MR) is 128 cm³/mol. The number of imide groups is 1. The van der Waals surface area contributed by atoms with Crippen LogP contribution in [0.25, 0.3) is 0 Å². The third-order valence-corrected chi connectivity index (χ3v) is 6.94. The van der Waals surface area contributed by atoms with Gasteiger partial charge in [0.25, 0.3) is 0 Å². The summed E-state index contributed by atoms with van der Waals surface area (Å²) in [6, 6.07) is 21.7. The molecule has 0 saturated carbocycles. The van der Waals surface area contributed by atoms with Crippen LogP contribution in [0.1, 0.15) is 17.2 Å². The Morgan fingerprint density at radius 3 is 2.29 bits per heavy atom. The molecule has 3 amide bonds. The molecule has 7 nitrogen and oxygen atoms in total. The van der Waals surface area contributed by atoms with Crippen LogP contribution in [0.4, 0.5) is 11.4 Å². The fraction of sp³-hybridized carbons (Fsp3) is 0.154. The number of amides is 3. The molecule has 8 heteroatoms. The molecule has 3 aromatic carbocycles. The van der Waals surface area contributed by atoms with Gasteiger partial charge < -0.3 is 5.32 Å². The Morgan fingerprint density at radius 2 is 1.53 bits per heavy atom. The van der Waals surface area contributed by atoms with Crippen molar-refractivity contribution < 1.29 is 14.4 Å². The first-order valence-corrected chi connectivity index (χ1v) is 11.3. The van der Waals surface area contributed by atoms with Crippen molar-refractivity contribution in [3.63, 3.8) is 0 Å². The van der Waals surface area contributed by atoms with Crippen LogP contribution in [-0.4, -0.2) is 35.0 Å². The number of para-hydroxylation sites is 1. The SMILES string of the molecule is O=C(Nc1ccc(Cl)cc1)C1C2C(=O)N(c3ccccc3)C(=O)C2C2c3ccccc3C=NN12. The summed E-state index contributed by atoms with van der Waals surface area (Å²) in [6.45, 7) is 0. The molecule has 6 rings (SSSR count). The molecular weight excluding hydrogens is 452 g/mol. The van der Waals surface area contributed by atoms with Crippen molar-refractivity contribution >= 4 is 46.9 Å². The van der Waals surface area contributed by atoms with Crippen molar-refractivity contribution in [2.45, 2.75) is 12.1 Å². The summed E-state index contributed by atoms with van der Waals surface area (Å²) in [5.41, 5.74) is 2.81. The zero-order chi connectivity index (χ0) is 23.4. The lowest BCUT2D eigenvalue weighted by Gasteiger charge is -2.33. The molecule has 3 aliphatic rings. The fourth-order valence-electron chi connectivity index (χ4n) is 5.25. The van der Waals surface area contributed by atoms with E-state index in [0.717, 1.165) is 11.1 Å². The van der Waals surface area contributed by atoms with Crippen LogP contribution in [0.5, 0.6) is 0 Å². The van der Waals surface area contributed by atoms with E-state index < -0.39 is 29.8 Å². The Labute approximate surface area is 200 Å². The monoisotopic (exact) mass is 470 g/mol. The highest BCUT2D eigenvalue weighted by molar-refractivity contribution is 6.30. The van der Waals surface area contributed by atoms with Gasteiger partial charge in [0, 0.05) is 10.7 Å². The molecule has 4 atom stereocenters. The van der Waals surface area contributed by atoms with Crippen molar-refractivity contribution in [1.29, 1.82) is 0 Å². The van der Waals surface area contributed by atoms with E-state index >= 15 is 0 Å². The van der Waals surface area contributed by atoms with Crippen LogP contribution in [0.2, 0.25) is 5.02 Å². The van der Waals surface area contributed by atoms with Gasteiger partial charge in [0.1, 0.15) is 6.04 Å². The molecule has 0 spiro atoms. The van der Waals surface area contributed by atoms with E-state index in [2.05, 4.69) is 10.4 Å². The molecule has 3 aliphatic heterocycles. The van der Waals surface area contributed by atoms with Crippen LogP contribution >= 0.6 is 11.6 Å². The fourth-order valence-corrected chi connectivity index (χ4v) is 5.38. The molecule has 0 aromatic heterocycles. The molecule has 2 fully saturated rings. The minimum Gasteiger partial charge on any atom is -0.324 e. The molecule has 3 aromatic rings. The van der Waals surface area contributed by atoms with Crippen LogP contribution in [0, 0.1) is 11.8 Å². The summed E-state index contributed by atoms with van der Waals surface area (Å²) in [4.78, 5) is 42.2. The second-order valence-corrected chi connectivity index (χ2v) is 8.97. The smallest absolute Gasteiger partial charge is 0.249 e. The van der Waals surface area contributed by atoms with Crippen molar-refractivity contribution in [3.8, 4) is 0 Å². The summed E-state index contributed by atoms with van der Waals surface area (Å²) < 4.78 is 0. The molecule has 3 heterocycles. The molecule has 4 unspecified atom stereocenters. The quantitative estimate of drug-likeness (QED) is 0.589. The van der Waals surface area contributed by atoms with E-state index in [-0.39, 0.29) is 11.8 Å². The van der Waals surface area contributed by atoms with Crippen molar-refractivity contribution in [3.05, 3.63) is 95.0 Å². The number of carbonyl (C=O) groups excluding carboxylic acids is 3. The van der Waals surface area contributed by atoms with Gasteiger partial charge in [0.2, 0.25) is 17.7 Å². The van der Waals surface area contributed by atoms with Crippen LogP contribution in [0.15, 0.2) is 84.0 Å². The highest BCUT2D eigenvalue weighted by Gasteiger charge is 2.65. The normalized spacial score (nSPS) is 24.6. The highest BCUT2D eigenvalue weighted by atomic mass is 35.5. The lowest BCUT2D eigenvalue weighted by atomic mass is 9.85. The standard InChI is InChI=1S/C26H19ClN4O3/c27-16-10-12-17(13-11-16)29-24(32)23-21-20(22-19-9-5-4-6-15(19)14-28-31(22)23)25(33)30(26(21)34)18-7-2-1-3-8-18/h1-14,20-23H,(H,29,32). The number of hydrogen-bond acceptors (Lipinski definition) is 5. The number of anilines is 2. The first-order valence-electron chi connectivity index (χ1n) is 10.9. The zero-order valence-corrected chi connectivity index (χ0v) is 18.6. The maximum absolute atomic E-state index is 13.7. The number of carbonyl (C=O) groups is 3. The summed E-state index contributed by atoms with van der Waals surface area (Å²) in [5, 5.41) is 9.59. The lowest BCUT2D eigenvalue weighted by Crippen LogP contribution is -2.46. The molecule has 1 N–H and O–H groups in total. The summed E-state index contributed by atoms with van der Waals surface area (Å²) in [6.07, 6.45) is 1.68. The third-order valence-electron chi connectivity index (χ3n) is 6.69. The van der Waals surface area contributed by atoms with E-state index in [9.17, 15) is 14.4 Å². The van der Waals surface area contributed by atoms with E-state index in [4.69, 9.17) is 11.6 Å². The number of benzene rings is 3. The molecule has 0 radical (unpaired) electrons. The topological polar surface area (TPSA) is 82.1 Å². The van der Waals surface area contributed by atoms with Crippen molar-refractivity contribution in [1.82, 2.24) is 5.01 Å². The summed E-state index contributed by atoms with van der Waals surface area (Å²) in [5.74, 6) is -2.70. The number of nitrogens with one attached hydrogen (secondary N) is 1. The lowest BCUT2D eigenvalue weighted by molar-refractivity contribution is -0.129. The molecule has 34 heavy (non-hydrogen) atoms. The Hall–Kier alpha value is -3.97. The van der Waals surface area contributed by atoms with Gasteiger partial charge in [-0.3, -0.25) is 19.4 Å². The van der Waals surface area contributed by atoms with Crippen LogP contribution in [0.3, 0.4) is 0 Å². The number of hydrazone groups is 1. The van der Waals surface area contributed by atoms with Gasteiger partial charge in [-0.2, -0.15) is 5.10 Å². The van der Waals surface area contributed by atoms with Gasteiger partial charge in [-0.1, -0.05) is 54.1 Å². The van der Waals surface area contributed by atoms with Crippen molar-refractivity contribution in [2.24, 2.45) is 16.9 Å². The Balaban J connectivity index is 1.44. The summed E-state index contributed by atoms with van der Waals surface area (Å²) in [7, 11) is 0. The predicted octanol–water partition coefficient (Wildman–Crippen LogP) is 3.86. The number of rotatable bonds is 3.